The van der Waals surface area contributed by atoms with E-state index in [2.05, 4.69) is 34.5 Å². The van der Waals surface area contributed by atoms with Gasteiger partial charge in [0.25, 0.3) is 0 Å². The number of nitrogens with zero attached hydrogens (tertiary/aromatic N) is 3. The van der Waals surface area contributed by atoms with Gasteiger partial charge in [0.1, 0.15) is 0 Å². The molecule has 0 saturated carbocycles. The van der Waals surface area contributed by atoms with Crippen LogP contribution in [-0.2, 0) is 13.1 Å². The van der Waals surface area contributed by atoms with Crippen molar-refractivity contribution >= 4 is 16.6 Å². The minimum absolute atomic E-state index is 0.612. The quantitative estimate of drug-likeness (QED) is 0.781. The fourth-order valence-corrected chi connectivity index (χ4v) is 2.36. The Morgan fingerprint density at radius 2 is 2.05 bits per heavy atom. The lowest BCUT2D eigenvalue weighted by Gasteiger charge is -2.05. The molecule has 0 unspecified atom stereocenters. The van der Waals surface area contributed by atoms with E-state index in [0.717, 1.165) is 17.9 Å². The molecule has 5 heteroatoms. The molecule has 0 aliphatic heterocycles. The van der Waals surface area contributed by atoms with Crippen molar-refractivity contribution in [2.75, 3.05) is 12.4 Å². The highest BCUT2D eigenvalue weighted by Gasteiger charge is 2.08. The lowest BCUT2D eigenvalue weighted by Crippen LogP contribution is -2.03. The lowest BCUT2D eigenvalue weighted by molar-refractivity contribution is 0.398. The Morgan fingerprint density at radius 3 is 2.76 bits per heavy atom. The summed E-state index contributed by atoms with van der Waals surface area (Å²) < 4.78 is 7.08. The summed E-state index contributed by atoms with van der Waals surface area (Å²) in [6, 6.07) is 12.1. The Bertz CT molecular complexity index is 734. The number of para-hydroxylation sites is 1. The van der Waals surface area contributed by atoms with Gasteiger partial charge in [-0.2, -0.15) is 5.10 Å². The number of hydrogen-bond acceptors (Lipinski definition) is 4. The summed E-state index contributed by atoms with van der Waals surface area (Å²) >= 11 is 0. The summed E-state index contributed by atoms with van der Waals surface area (Å²) in [5.74, 6) is 0.612. The number of pyridine rings is 1. The second kappa shape index (κ2) is 5.83. The average Bonchev–Trinajstić information content (AvgIpc) is 2.91. The number of aryl methyl sites for hydroxylation is 1. The van der Waals surface area contributed by atoms with Crippen LogP contribution in [0.5, 0.6) is 5.88 Å². The van der Waals surface area contributed by atoms with Crippen LogP contribution in [0.4, 0.5) is 5.69 Å². The monoisotopic (exact) mass is 282 g/mol. The predicted molar refractivity (Wildman–Crippen MR) is 83.5 cm³/mol. The molecule has 0 amide bonds. The average molecular weight is 282 g/mol. The first-order chi connectivity index (χ1) is 10.3. The summed E-state index contributed by atoms with van der Waals surface area (Å²) in [5, 5.41) is 9.20. The van der Waals surface area contributed by atoms with Crippen molar-refractivity contribution < 1.29 is 4.74 Å². The van der Waals surface area contributed by atoms with E-state index in [0.29, 0.717) is 12.4 Å². The molecule has 1 N–H and O–H groups in total. The Labute approximate surface area is 123 Å². The molecule has 1 aromatic carbocycles. The molecular weight excluding hydrogens is 264 g/mol. The van der Waals surface area contributed by atoms with Crippen LogP contribution in [0.1, 0.15) is 12.6 Å². The lowest BCUT2D eigenvalue weighted by atomic mass is 10.2. The third-order valence-corrected chi connectivity index (χ3v) is 3.44. The Morgan fingerprint density at radius 1 is 1.19 bits per heavy atom. The second-order valence-electron chi connectivity index (χ2n) is 4.72. The third kappa shape index (κ3) is 2.67. The van der Waals surface area contributed by atoms with Gasteiger partial charge in [0.15, 0.2) is 0 Å². The van der Waals surface area contributed by atoms with Gasteiger partial charge in [-0.1, -0.05) is 18.2 Å². The molecule has 0 atom stereocenters. The zero-order chi connectivity index (χ0) is 14.7. The summed E-state index contributed by atoms with van der Waals surface area (Å²) in [7, 11) is 1.61. The van der Waals surface area contributed by atoms with Gasteiger partial charge in [0, 0.05) is 18.0 Å². The first-order valence-electron chi connectivity index (χ1n) is 7.00. The molecule has 3 rings (SSSR count). The van der Waals surface area contributed by atoms with Crippen LogP contribution < -0.4 is 10.1 Å². The fraction of sp³-hybridized carbons (Fsp3) is 0.250. The van der Waals surface area contributed by atoms with Crippen LogP contribution in [0.25, 0.3) is 10.9 Å². The fourth-order valence-electron chi connectivity index (χ4n) is 2.36. The maximum atomic E-state index is 5.05. The molecule has 0 aliphatic carbocycles. The van der Waals surface area contributed by atoms with E-state index in [-0.39, 0.29) is 0 Å². The summed E-state index contributed by atoms with van der Waals surface area (Å²) in [4.78, 5) is 4.18. The molecule has 0 fully saturated rings. The zero-order valence-corrected chi connectivity index (χ0v) is 12.2. The molecule has 0 saturated heterocycles. The van der Waals surface area contributed by atoms with Crippen molar-refractivity contribution in [3.8, 4) is 5.88 Å². The Kier molecular flexibility index (Phi) is 3.73. The van der Waals surface area contributed by atoms with Crippen LogP contribution in [-0.4, -0.2) is 21.9 Å². The molecule has 3 aromatic rings. The topological polar surface area (TPSA) is 52.0 Å². The number of methoxy groups -OCH3 is 1. The van der Waals surface area contributed by atoms with Crippen molar-refractivity contribution in [2.45, 2.75) is 20.0 Å². The van der Waals surface area contributed by atoms with Gasteiger partial charge in [-0.3, -0.25) is 4.68 Å². The number of fused-ring (bicyclic) bond motifs is 1. The van der Waals surface area contributed by atoms with Gasteiger partial charge in [0.2, 0.25) is 5.88 Å². The van der Waals surface area contributed by atoms with Crippen molar-refractivity contribution in [1.29, 1.82) is 0 Å². The molecule has 2 aromatic heterocycles. The van der Waals surface area contributed by atoms with Crippen LogP contribution in [0.2, 0.25) is 0 Å². The summed E-state index contributed by atoms with van der Waals surface area (Å²) in [6.07, 6.45) is 1.76. The van der Waals surface area contributed by atoms with E-state index in [1.54, 1.807) is 13.3 Å². The number of aromatic nitrogens is 3. The normalized spacial score (nSPS) is 10.8. The summed E-state index contributed by atoms with van der Waals surface area (Å²) in [6.45, 7) is 3.64. The second-order valence-corrected chi connectivity index (χ2v) is 4.72. The van der Waals surface area contributed by atoms with Crippen molar-refractivity contribution in [3.05, 3.63) is 48.3 Å². The van der Waals surface area contributed by atoms with E-state index in [9.17, 15) is 0 Å². The molecular formula is C16H18N4O. The van der Waals surface area contributed by atoms with E-state index < -0.39 is 0 Å². The molecule has 108 valence electrons. The van der Waals surface area contributed by atoms with Crippen LogP contribution in [0, 0.1) is 0 Å². The first-order valence-corrected chi connectivity index (χ1v) is 7.00. The molecule has 5 nitrogen and oxygen atoms in total. The molecule has 21 heavy (non-hydrogen) atoms. The highest BCUT2D eigenvalue weighted by Crippen LogP contribution is 2.20. The van der Waals surface area contributed by atoms with Gasteiger partial charge >= 0.3 is 0 Å². The number of ether oxygens (including phenoxy) is 1. The number of benzene rings is 1. The maximum Gasteiger partial charge on any atom is 0.213 e. The van der Waals surface area contributed by atoms with Crippen LogP contribution in [0.15, 0.2) is 42.6 Å². The van der Waals surface area contributed by atoms with Crippen molar-refractivity contribution in [1.82, 2.24) is 14.8 Å². The SMILES string of the molecule is CCn1nc(CNc2ccc(OC)nc2)c2ccccc21. The number of nitrogens with one attached hydrogen (secondary N) is 1. The van der Waals surface area contributed by atoms with E-state index in [1.165, 1.54) is 10.9 Å². The van der Waals surface area contributed by atoms with Crippen LogP contribution in [0.3, 0.4) is 0 Å². The zero-order valence-electron chi connectivity index (χ0n) is 12.2. The first kappa shape index (κ1) is 13.4. The Balaban J connectivity index is 1.81. The van der Waals surface area contributed by atoms with Crippen LogP contribution >= 0.6 is 0 Å². The summed E-state index contributed by atoms with van der Waals surface area (Å²) in [5.41, 5.74) is 3.17. The van der Waals surface area contributed by atoms with E-state index in [1.807, 2.05) is 28.9 Å². The number of anilines is 1. The highest BCUT2D eigenvalue weighted by atomic mass is 16.5. The van der Waals surface area contributed by atoms with Gasteiger partial charge in [-0.05, 0) is 19.1 Å². The minimum atomic E-state index is 0.612. The standard InChI is InChI=1S/C16H18N4O/c1-3-20-15-7-5-4-6-13(15)14(19-20)11-17-12-8-9-16(21-2)18-10-12/h4-10,17H,3,11H2,1-2H3. The van der Waals surface area contributed by atoms with Gasteiger partial charge in [0.05, 0.1) is 36.7 Å². The highest BCUT2D eigenvalue weighted by molar-refractivity contribution is 5.82. The van der Waals surface area contributed by atoms with Crippen molar-refractivity contribution in [3.63, 3.8) is 0 Å². The molecule has 0 aliphatic rings. The Hall–Kier alpha value is -2.56. The van der Waals surface area contributed by atoms with Gasteiger partial charge in [-0.25, -0.2) is 4.98 Å². The van der Waals surface area contributed by atoms with Gasteiger partial charge < -0.3 is 10.1 Å². The van der Waals surface area contributed by atoms with E-state index in [4.69, 9.17) is 4.74 Å². The number of hydrogen-bond donors (Lipinski definition) is 1. The molecule has 0 bridgehead atoms. The number of rotatable bonds is 5. The van der Waals surface area contributed by atoms with E-state index >= 15 is 0 Å². The van der Waals surface area contributed by atoms with Crippen molar-refractivity contribution in [2.24, 2.45) is 0 Å². The predicted octanol–water partition coefficient (Wildman–Crippen LogP) is 3.07. The third-order valence-electron chi connectivity index (χ3n) is 3.44. The van der Waals surface area contributed by atoms with Gasteiger partial charge in [-0.15, -0.1) is 0 Å². The minimum Gasteiger partial charge on any atom is -0.481 e. The maximum absolute atomic E-state index is 5.05. The molecule has 0 spiro atoms. The molecule has 2 heterocycles. The largest absolute Gasteiger partial charge is 0.481 e. The molecule has 0 radical (unpaired) electrons. The smallest absolute Gasteiger partial charge is 0.213 e.